The molecule has 0 bridgehead atoms. The molecule has 1 aromatic rings. The number of amides is 2. The van der Waals surface area contributed by atoms with Crippen LogP contribution in [-0.4, -0.2) is 48.0 Å². The monoisotopic (exact) mass is 416 g/mol. The first kappa shape index (κ1) is 24.4. The van der Waals surface area contributed by atoms with E-state index in [1.165, 1.54) is 0 Å². The average Bonchev–Trinajstić information content (AvgIpc) is 2.70. The fourth-order valence-electron chi connectivity index (χ4n) is 2.59. The molecular formula is C20H28N6O4. The molecule has 0 radical (unpaired) electrons. The molecule has 162 valence electrons. The maximum Gasteiger partial charge on any atom is 0.303 e. The summed E-state index contributed by atoms with van der Waals surface area (Å²) in [5, 5.41) is 24.8. The van der Waals surface area contributed by atoms with E-state index in [1.807, 2.05) is 30.3 Å². The van der Waals surface area contributed by atoms with Crippen LogP contribution in [0.3, 0.4) is 0 Å². The second-order valence-corrected chi connectivity index (χ2v) is 6.56. The fraction of sp³-hybridized carbons (Fsp3) is 0.450. The molecule has 10 heteroatoms. The van der Waals surface area contributed by atoms with Crippen molar-refractivity contribution in [2.45, 2.75) is 44.6 Å². The Balaban J connectivity index is 2.51. The summed E-state index contributed by atoms with van der Waals surface area (Å²) in [6.07, 6.45) is 3.48. The number of carbonyl (C=O) groups is 3. The van der Waals surface area contributed by atoms with Crippen LogP contribution in [0.1, 0.15) is 37.7 Å². The molecule has 0 aliphatic rings. The molecule has 0 saturated heterocycles. The van der Waals surface area contributed by atoms with Gasteiger partial charge in [0.2, 0.25) is 17.8 Å². The van der Waals surface area contributed by atoms with Crippen LogP contribution in [0.25, 0.3) is 0 Å². The minimum Gasteiger partial charge on any atom is -0.481 e. The number of hydrogen-bond donors (Lipinski definition) is 5. The summed E-state index contributed by atoms with van der Waals surface area (Å²) in [6, 6.07) is 8.56. The number of carboxylic acids is 1. The van der Waals surface area contributed by atoms with Gasteiger partial charge in [-0.1, -0.05) is 30.3 Å². The Morgan fingerprint density at radius 3 is 2.53 bits per heavy atom. The van der Waals surface area contributed by atoms with Gasteiger partial charge in [-0.3, -0.25) is 24.7 Å². The first-order chi connectivity index (χ1) is 14.4. The number of carbonyl (C=O) groups excluding carboxylic acids is 2. The van der Waals surface area contributed by atoms with E-state index in [4.69, 9.17) is 16.1 Å². The number of carboxylic acid groups (broad SMARTS) is 1. The van der Waals surface area contributed by atoms with Crippen molar-refractivity contribution in [1.82, 2.24) is 16.0 Å². The van der Waals surface area contributed by atoms with Crippen molar-refractivity contribution in [3.63, 3.8) is 0 Å². The van der Waals surface area contributed by atoms with Crippen LogP contribution in [0.4, 0.5) is 0 Å². The number of nitrogens with zero attached hydrogens (tertiary/aromatic N) is 2. The third kappa shape index (κ3) is 11.3. The van der Waals surface area contributed by atoms with Crippen LogP contribution in [0, 0.1) is 11.5 Å². The zero-order chi connectivity index (χ0) is 22.2. The number of guanidine groups is 1. The fourth-order valence-corrected chi connectivity index (χ4v) is 2.59. The molecule has 0 heterocycles. The van der Waals surface area contributed by atoms with Crippen LogP contribution in [0.15, 0.2) is 35.3 Å². The third-order valence-electron chi connectivity index (χ3n) is 4.08. The number of nitrogens with one attached hydrogen (secondary N) is 3. The first-order valence-corrected chi connectivity index (χ1v) is 9.70. The molecule has 2 amide bonds. The lowest BCUT2D eigenvalue weighted by molar-refractivity contribution is -0.137. The maximum absolute atomic E-state index is 12.6. The van der Waals surface area contributed by atoms with Gasteiger partial charge in [0.15, 0.2) is 6.19 Å². The standard InChI is InChI=1S/C20H28N6O4/c21-14-25-20(22)24-12-5-4-11-23-19(30)16(13-15-7-2-1-3-8-15)26-17(27)9-6-10-18(28)29/h1-3,7-8,16H,4-6,9-13H2,(H,23,30)(H,26,27)(H,28,29)(H3,22,24,25). The summed E-state index contributed by atoms with van der Waals surface area (Å²) in [5.74, 6) is -1.58. The topological polar surface area (TPSA) is 170 Å². The Labute approximate surface area is 175 Å². The van der Waals surface area contributed by atoms with Gasteiger partial charge in [-0.05, 0) is 24.8 Å². The molecular weight excluding hydrogens is 388 g/mol. The molecule has 0 aliphatic heterocycles. The molecule has 1 rings (SSSR count). The summed E-state index contributed by atoms with van der Waals surface area (Å²) >= 11 is 0. The van der Waals surface area contributed by atoms with Gasteiger partial charge in [0, 0.05) is 32.4 Å². The number of hydrogen-bond acceptors (Lipinski definition) is 5. The minimum atomic E-state index is -0.962. The largest absolute Gasteiger partial charge is 0.481 e. The predicted octanol–water partition coefficient (Wildman–Crippen LogP) is 0.251. The molecule has 1 atom stereocenters. The molecule has 0 aromatic heterocycles. The Morgan fingerprint density at radius 2 is 1.87 bits per heavy atom. The van der Waals surface area contributed by atoms with Crippen molar-refractivity contribution in [3.8, 4) is 6.19 Å². The summed E-state index contributed by atoms with van der Waals surface area (Å²) in [4.78, 5) is 39.2. The van der Waals surface area contributed by atoms with E-state index in [0.717, 1.165) is 5.56 Å². The van der Waals surface area contributed by atoms with E-state index in [0.29, 0.717) is 32.4 Å². The van der Waals surface area contributed by atoms with Crippen LogP contribution in [0.2, 0.25) is 0 Å². The second kappa shape index (κ2) is 14.4. The second-order valence-electron chi connectivity index (χ2n) is 6.56. The van der Waals surface area contributed by atoms with Gasteiger partial charge >= 0.3 is 5.97 Å². The van der Waals surface area contributed by atoms with E-state index >= 15 is 0 Å². The summed E-state index contributed by atoms with van der Waals surface area (Å²) < 4.78 is 0. The quantitative estimate of drug-likeness (QED) is 0.101. The van der Waals surface area contributed by atoms with E-state index in [2.05, 4.69) is 20.9 Å². The van der Waals surface area contributed by atoms with Crippen molar-refractivity contribution in [3.05, 3.63) is 35.9 Å². The predicted molar refractivity (Wildman–Crippen MR) is 111 cm³/mol. The number of rotatable bonds is 13. The summed E-state index contributed by atoms with van der Waals surface area (Å²) in [7, 11) is 0. The Morgan fingerprint density at radius 1 is 1.13 bits per heavy atom. The highest BCUT2D eigenvalue weighted by Crippen LogP contribution is 2.05. The zero-order valence-electron chi connectivity index (χ0n) is 16.8. The number of aliphatic carboxylic acids is 1. The average molecular weight is 416 g/mol. The van der Waals surface area contributed by atoms with E-state index in [-0.39, 0.29) is 37.0 Å². The highest BCUT2D eigenvalue weighted by molar-refractivity contribution is 5.88. The van der Waals surface area contributed by atoms with Crippen molar-refractivity contribution >= 4 is 23.7 Å². The lowest BCUT2D eigenvalue weighted by Crippen LogP contribution is -2.48. The van der Waals surface area contributed by atoms with Crippen molar-refractivity contribution in [2.75, 3.05) is 13.1 Å². The molecule has 1 unspecified atom stereocenters. The first-order valence-electron chi connectivity index (χ1n) is 9.70. The molecule has 10 nitrogen and oxygen atoms in total. The van der Waals surface area contributed by atoms with Crippen molar-refractivity contribution in [2.24, 2.45) is 10.7 Å². The van der Waals surface area contributed by atoms with Crippen LogP contribution in [-0.2, 0) is 20.8 Å². The summed E-state index contributed by atoms with van der Waals surface area (Å²) in [6.45, 7) is 0.824. The Hall–Kier alpha value is -3.61. The molecule has 0 saturated carbocycles. The van der Waals surface area contributed by atoms with E-state index in [1.54, 1.807) is 6.19 Å². The molecule has 30 heavy (non-hydrogen) atoms. The number of nitriles is 1. The smallest absolute Gasteiger partial charge is 0.303 e. The Kier molecular flexibility index (Phi) is 11.7. The maximum atomic E-state index is 12.6. The number of nitrogens with two attached hydrogens (primary N) is 1. The van der Waals surface area contributed by atoms with Gasteiger partial charge in [0.05, 0.1) is 0 Å². The highest BCUT2D eigenvalue weighted by atomic mass is 16.4. The van der Waals surface area contributed by atoms with Crippen LogP contribution < -0.4 is 21.7 Å². The molecule has 0 aliphatic carbocycles. The number of benzene rings is 1. The lowest BCUT2D eigenvalue weighted by Gasteiger charge is -2.19. The van der Waals surface area contributed by atoms with Crippen molar-refractivity contribution < 1.29 is 19.5 Å². The number of aliphatic imine (C=N–C) groups is 1. The highest BCUT2D eigenvalue weighted by Gasteiger charge is 2.20. The third-order valence-corrected chi connectivity index (χ3v) is 4.08. The normalized spacial score (nSPS) is 11.8. The lowest BCUT2D eigenvalue weighted by atomic mass is 10.0. The minimum absolute atomic E-state index is 0.0427. The van der Waals surface area contributed by atoms with Gasteiger partial charge in [0.1, 0.15) is 6.04 Å². The van der Waals surface area contributed by atoms with Crippen LogP contribution >= 0.6 is 0 Å². The van der Waals surface area contributed by atoms with Gasteiger partial charge in [0.25, 0.3) is 0 Å². The van der Waals surface area contributed by atoms with Gasteiger partial charge in [-0.25, -0.2) is 0 Å². The van der Waals surface area contributed by atoms with Crippen molar-refractivity contribution in [1.29, 1.82) is 5.26 Å². The van der Waals surface area contributed by atoms with Gasteiger partial charge in [-0.2, -0.15) is 5.26 Å². The zero-order valence-corrected chi connectivity index (χ0v) is 16.8. The molecule has 0 fully saturated rings. The van der Waals surface area contributed by atoms with E-state index in [9.17, 15) is 14.4 Å². The Bertz CT molecular complexity index is 760. The molecule has 0 spiro atoms. The van der Waals surface area contributed by atoms with Crippen LogP contribution in [0.5, 0.6) is 0 Å². The van der Waals surface area contributed by atoms with Gasteiger partial charge in [-0.15, -0.1) is 0 Å². The molecule has 6 N–H and O–H groups in total. The van der Waals surface area contributed by atoms with E-state index < -0.39 is 12.0 Å². The summed E-state index contributed by atoms with van der Waals surface area (Å²) in [5.41, 5.74) is 6.33. The number of unbranched alkanes of at least 4 members (excludes halogenated alkanes) is 1. The molecule has 1 aromatic carbocycles. The SMILES string of the molecule is N#CNC(N)=NCCCCNC(=O)C(Cc1ccccc1)NC(=O)CCCC(=O)O. The van der Waals surface area contributed by atoms with Gasteiger partial charge < -0.3 is 21.5 Å².